The van der Waals surface area contributed by atoms with Crippen molar-refractivity contribution in [1.82, 2.24) is 19.8 Å². The van der Waals surface area contributed by atoms with Crippen LogP contribution in [0.25, 0.3) is 11.4 Å². The van der Waals surface area contributed by atoms with Crippen molar-refractivity contribution >= 4 is 11.8 Å². The second kappa shape index (κ2) is 10.8. The standard InChI is InChI=1S/C31H35N5O2/c1-4-5-29(37)36-15-12-27-28(19-36)34-30(33-27)25-17-26(21(3)16-20(25)2)31(38)35-13-10-24(11-14-35)23-8-6-22(18-32)7-9-23/h6-9,16-17,24H,4-5,10-15,19H2,1-3H3,(H,33,34). The molecule has 7 heteroatoms. The molecule has 2 aliphatic heterocycles. The lowest BCUT2D eigenvalue weighted by Crippen LogP contribution is -2.38. The fraction of sp³-hybridized carbons (Fsp3) is 0.419. The highest BCUT2D eigenvalue weighted by Crippen LogP contribution is 2.31. The second-order valence-corrected chi connectivity index (χ2v) is 10.6. The minimum Gasteiger partial charge on any atom is -0.340 e. The average Bonchev–Trinajstić information content (AvgIpc) is 3.36. The van der Waals surface area contributed by atoms with Gasteiger partial charge in [0.05, 0.1) is 29.6 Å². The molecule has 0 radical (unpaired) electrons. The van der Waals surface area contributed by atoms with Gasteiger partial charge in [-0.05, 0) is 73.9 Å². The molecule has 0 spiro atoms. The van der Waals surface area contributed by atoms with Crippen molar-refractivity contribution in [2.75, 3.05) is 19.6 Å². The van der Waals surface area contributed by atoms with Crippen LogP contribution in [0.2, 0.25) is 0 Å². The monoisotopic (exact) mass is 509 g/mol. The van der Waals surface area contributed by atoms with Gasteiger partial charge < -0.3 is 14.8 Å². The van der Waals surface area contributed by atoms with Crippen LogP contribution in [0.5, 0.6) is 0 Å². The normalized spacial score (nSPS) is 15.7. The van der Waals surface area contributed by atoms with Crippen LogP contribution < -0.4 is 0 Å². The van der Waals surface area contributed by atoms with E-state index in [2.05, 4.69) is 24.0 Å². The maximum Gasteiger partial charge on any atom is 0.254 e. The molecule has 196 valence electrons. The fourth-order valence-electron chi connectivity index (χ4n) is 5.76. The van der Waals surface area contributed by atoms with Crippen LogP contribution in [0, 0.1) is 25.2 Å². The summed E-state index contributed by atoms with van der Waals surface area (Å²) < 4.78 is 0. The van der Waals surface area contributed by atoms with Gasteiger partial charge in [0.15, 0.2) is 0 Å². The third-order valence-corrected chi connectivity index (χ3v) is 8.00. The number of carbonyl (C=O) groups excluding carboxylic acids is 2. The molecule has 3 aromatic rings. The molecule has 1 aromatic heterocycles. The highest BCUT2D eigenvalue weighted by Gasteiger charge is 2.27. The van der Waals surface area contributed by atoms with Gasteiger partial charge in [-0.15, -0.1) is 0 Å². The Morgan fingerprint density at radius 1 is 1.05 bits per heavy atom. The maximum atomic E-state index is 13.6. The van der Waals surface area contributed by atoms with Gasteiger partial charge in [0.2, 0.25) is 5.91 Å². The molecule has 1 fully saturated rings. The summed E-state index contributed by atoms with van der Waals surface area (Å²) in [4.78, 5) is 38.3. The number of nitriles is 1. The molecule has 2 aromatic carbocycles. The molecule has 0 bridgehead atoms. The van der Waals surface area contributed by atoms with E-state index in [0.29, 0.717) is 44.1 Å². The summed E-state index contributed by atoms with van der Waals surface area (Å²) >= 11 is 0. The number of likely N-dealkylation sites (tertiary alicyclic amines) is 1. The molecule has 3 heterocycles. The summed E-state index contributed by atoms with van der Waals surface area (Å²) in [6.07, 6.45) is 3.99. The number of hydrogen-bond acceptors (Lipinski definition) is 4. The number of aryl methyl sites for hydroxylation is 2. The van der Waals surface area contributed by atoms with E-state index >= 15 is 0 Å². The number of aromatic amines is 1. The quantitative estimate of drug-likeness (QED) is 0.507. The predicted octanol–water partition coefficient (Wildman–Crippen LogP) is 5.27. The molecular formula is C31H35N5O2. The Bertz CT molecular complexity index is 1390. The zero-order chi connectivity index (χ0) is 26.8. The van der Waals surface area contributed by atoms with E-state index in [1.807, 2.05) is 54.0 Å². The first-order valence-electron chi connectivity index (χ1n) is 13.6. The van der Waals surface area contributed by atoms with E-state index in [9.17, 15) is 9.59 Å². The molecule has 38 heavy (non-hydrogen) atoms. The highest BCUT2D eigenvalue weighted by molar-refractivity contribution is 5.97. The van der Waals surface area contributed by atoms with Gasteiger partial charge in [0.25, 0.3) is 5.91 Å². The van der Waals surface area contributed by atoms with Gasteiger partial charge in [0.1, 0.15) is 5.82 Å². The van der Waals surface area contributed by atoms with Crippen molar-refractivity contribution in [2.45, 2.75) is 65.3 Å². The molecule has 1 saturated heterocycles. The van der Waals surface area contributed by atoms with Crippen LogP contribution in [0.15, 0.2) is 36.4 Å². The number of imidazole rings is 1. The SMILES string of the molecule is CCCC(=O)N1CCc2nc(-c3cc(C(=O)N4CCC(c5ccc(C#N)cc5)CC4)c(C)cc3C)[nH]c2C1. The Labute approximate surface area is 224 Å². The summed E-state index contributed by atoms with van der Waals surface area (Å²) in [5.41, 5.74) is 7.62. The first-order valence-corrected chi connectivity index (χ1v) is 13.6. The predicted molar refractivity (Wildman–Crippen MR) is 147 cm³/mol. The lowest BCUT2D eigenvalue weighted by atomic mass is 9.88. The van der Waals surface area contributed by atoms with Crippen molar-refractivity contribution in [3.63, 3.8) is 0 Å². The number of carbonyl (C=O) groups is 2. The number of benzene rings is 2. The third-order valence-electron chi connectivity index (χ3n) is 8.00. The number of rotatable bonds is 5. The van der Waals surface area contributed by atoms with Gasteiger partial charge in [-0.2, -0.15) is 5.26 Å². The van der Waals surface area contributed by atoms with Crippen molar-refractivity contribution in [2.24, 2.45) is 0 Å². The smallest absolute Gasteiger partial charge is 0.254 e. The molecule has 2 amide bonds. The Hall–Kier alpha value is -3.92. The first-order chi connectivity index (χ1) is 18.4. The van der Waals surface area contributed by atoms with E-state index in [4.69, 9.17) is 10.2 Å². The number of aromatic nitrogens is 2. The number of nitrogens with zero attached hydrogens (tertiary/aromatic N) is 4. The van der Waals surface area contributed by atoms with Gasteiger partial charge in [-0.25, -0.2) is 4.98 Å². The lowest BCUT2D eigenvalue weighted by Gasteiger charge is -2.32. The number of piperidine rings is 1. The van der Waals surface area contributed by atoms with E-state index in [1.165, 1.54) is 5.56 Å². The van der Waals surface area contributed by atoms with Crippen LogP contribution in [0.3, 0.4) is 0 Å². The molecule has 0 unspecified atom stereocenters. The number of amides is 2. The summed E-state index contributed by atoms with van der Waals surface area (Å²) in [6, 6.07) is 14.1. The zero-order valence-electron chi connectivity index (χ0n) is 22.5. The van der Waals surface area contributed by atoms with E-state index in [1.54, 1.807) is 0 Å². The topological polar surface area (TPSA) is 93.1 Å². The molecule has 0 saturated carbocycles. The Morgan fingerprint density at radius 3 is 2.47 bits per heavy atom. The molecular weight excluding hydrogens is 474 g/mol. The minimum atomic E-state index is 0.0645. The largest absolute Gasteiger partial charge is 0.340 e. The third kappa shape index (κ3) is 5.08. The number of fused-ring (bicyclic) bond motifs is 1. The van der Waals surface area contributed by atoms with Gasteiger partial charge in [-0.1, -0.05) is 25.1 Å². The number of H-pyrrole nitrogens is 1. The van der Waals surface area contributed by atoms with Crippen LogP contribution in [0.1, 0.15) is 82.5 Å². The van der Waals surface area contributed by atoms with Crippen LogP contribution in [-0.4, -0.2) is 51.2 Å². The van der Waals surface area contributed by atoms with Crippen molar-refractivity contribution in [3.8, 4) is 17.5 Å². The molecule has 7 nitrogen and oxygen atoms in total. The minimum absolute atomic E-state index is 0.0645. The van der Waals surface area contributed by atoms with Crippen molar-refractivity contribution < 1.29 is 9.59 Å². The second-order valence-electron chi connectivity index (χ2n) is 10.6. The van der Waals surface area contributed by atoms with Crippen molar-refractivity contribution in [1.29, 1.82) is 5.26 Å². The zero-order valence-corrected chi connectivity index (χ0v) is 22.5. The summed E-state index contributed by atoms with van der Waals surface area (Å²) in [5.74, 6) is 1.43. The number of nitrogens with one attached hydrogen (secondary N) is 1. The van der Waals surface area contributed by atoms with E-state index in [0.717, 1.165) is 65.1 Å². The first kappa shape index (κ1) is 25.7. The van der Waals surface area contributed by atoms with Gasteiger partial charge >= 0.3 is 0 Å². The van der Waals surface area contributed by atoms with Crippen molar-refractivity contribution in [3.05, 3.63) is 75.6 Å². The van der Waals surface area contributed by atoms with Crippen LogP contribution >= 0.6 is 0 Å². The molecule has 0 aliphatic carbocycles. The Morgan fingerprint density at radius 2 is 1.79 bits per heavy atom. The summed E-state index contributed by atoms with van der Waals surface area (Å²) in [5, 5.41) is 9.05. The molecule has 5 rings (SSSR count). The van der Waals surface area contributed by atoms with E-state index < -0.39 is 0 Å². The maximum absolute atomic E-state index is 13.6. The number of hydrogen-bond donors (Lipinski definition) is 1. The lowest BCUT2D eigenvalue weighted by molar-refractivity contribution is -0.132. The van der Waals surface area contributed by atoms with Gasteiger partial charge in [-0.3, -0.25) is 9.59 Å². The average molecular weight is 510 g/mol. The van der Waals surface area contributed by atoms with E-state index in [-0.39, 0.29) is 11.8 Å². The van der Waals surface area contributed by atoms with Gasteiger partial charge in [0, 0.05) is 43.6 Å². The molecule has 1 N–H and O–H groups in total. The summed E-state index contributed by atoms with van der Waals surface area (Å²) in [7, 11) is 0. The molecule has 2 aliphatic rings. The fourth-order valence-corrected chi connectivity index (χ4v) is 5.76. The van der Waals surface area contributed by atoms with Crippen LogP contribution in [-0.2, 0) is 17.8 Å². The highest BCUT2D eigenvalue weighted by atomic mass is 16.2. The summed E-state index contributed by atoms with van der Waals surface area (Å²) in [6.45, 7) is 8.76. The van der Waals surface area contributed by atoms with Crippen LogP contribution in [0.4, 0.5) is 0 Å². The Kier molecular flexibility index (Phi) is 7.33. The Balaban J connectivity index is 1.32. The molecule has 0 atom stereocenters.